The highest BCUT2D eigenvalue weighted by Crippen LogP contribution is 2.69. The number of aromatic hydroxyl groups is 1. The first-order valence-corrected chi connectivity index (χ1v) is 51.9. The minimum Gasteiger partial charge on any atom is -0.508 e. The summed E-state index contributed by atoms with van der Waals surface area (Å²) >= 11 is 0. The van der Waals surface area contributed by atoms with Crippen molar-refractivity contribution in [2.75, 3.05) is 129 Å². The van der Waals surface area contributed by atoms with E-state index in [0.29, 0.717) is 48.1 Å². The van der Waals surface area contributed by atoms with Crippen LogP contribution < -0.4 is 23.8 Å². The second-order valence-electron chi connectivity index (χ2n) is 24.6. The summed E-state index contributed by atoms with van der Waals surface area (Å²) in [4.78, 5) is 203. The maximum absolute atomic E-state index is 11.0. The van der Waals surface area contributed by atoms with Gasteiger partial charge in [0.15, 0.2) is 0 Å². The molecular formula is C59H99N6O39P11. The average molecular weight is 1860 g/mol. The number of anilines is 1. The second-order valence-corrected chi connectivity index (χ2v) is 43.2. The van der Waals surface area contributed by atoms with Crippen molar-refractivity contribution in [2.24, 2.45) is 0 Å². The lowest BCUT2D eigenvalue weighted by Gasteiger charge is -2.28. The second kappa shape index (κ2) is 50.1. The average Bonchev–Trinajstić information content (AvgIpc) is 0.773. The zero-order chi connectivity index (χ0) is 88.1. The number of phenolic OH excluding ortho intramolecular Hbond substituents is 1. The normalized spacial score (nSPS) is 12.7. The van der Waals surface area contributed by atoms with Crippen LogP contribution in [0.1, 0.15) is 17.5 Å². The lowest BCUT2D eigenvalue weighted by molar-refractivity contribution is 0.106. The van der Waals surface area contributed by atoms with E-state index in [0.717, 1.165) is 31.0 Å². The number of benzene rings is 6. The van der Waals surface area contributed by atoms with Crippen LogP contribution in [-0.4, -0.2) is 271 Å². The van der Waals surface area contributed by atoms with Gasteiger partial charge in [-0.05, 0) is 91.0 Å². The van der Waals surface area contributed by atoms with Gasteiger partial charge in [-0.15, -0.1) is 0 Å². The van der Waals surface area contributed by atoms with E-state index in [4.69, 9.17) is 132 Å². The van der Waals surface area contributed by atoms with Crippen molar-refractivity contribution in [2.45, 2.75) is 24.6 Å². The van der Waals surface area contributed by atoms with Crippen molar-refractivity contribution in [3.63, 3.8) is 0 Å². The van der Waals surface area contributed by atoms with E-state index in [-0.39, 0.29) is 44.8 Å². The first-order chi connectivity index (χ1) is 52.4. The number of methoxy groups -OCH3 is 1. The number of para-hydroxylation sites is 4. The Morgan fingerprint density at radius 3 is 0.870 bits per heavy atom. The van der Waals surface area contributed by atoms with Crippen molar-refractivity contribution in [1.29, 1.82) is 0 Å². The zero-order valence-corrected chi connectivity index (χ0v) is 71.4. The van der Waals surface area contributed by atoms with Crippen LogP contribution in [0.25, 0.3) is 0 Å². The Labute approximate surface area is 660 Å². The molecule has 6 aromatic carbocycles. The van der Waals surface area contributed by atoms with E-state index in [9.17, 15) is 55.3 Å². The molecule has 0 spiro atoms. The van der Waals surface area contributed by atoms with Gasteiger partial charge in [-0.2, -0.15) is 0 Å². The standard InChI is InChI=1S/C11H20N2O6P2.2C10H17NO7P2.C10H16NO4P.C9H15NO7P2.C9H14O8P2/c1-12(11-5-3-2-4-6-11)7-8-13(9-20(14,15)16)10-21(17,18)19;1-18-10-4-2-9(3-5-10)6-11(7-19(12,13)14)8-20(15,16)17;12-19(13,14)8-11(9-20(15,16)17)6-7-18-10-4-2-1-3-5-10;1-11(9-16(12,13)14)7-8-15-10-5-3-2-4-6-10;11-9-3-1-8(2-4-9)5-10(6-18(12,13)14)7-19(15,16)17;10-9(18(11,12)13,19(14,15)16)6-7-17-8-4-2-1-3-5-8/h2-6H,7-10H2,1H3,(H2,14,15,16)(H2,17,18,19);2-5H,6-8H2,1H3,(H2,12,13,14)(H2,15,16,17);1-5H,6-9H2,(H2,12,13,14)(H2,15,16,17);2-6H,7-9H2,1H3,(H2,12,13,14);1-4,11H,5-7H2,(H2,12,13,14)(H2,15,16,17);1-5,10H,6-7H2,(H2,11,12,13)(H2,14,15,16). The van der Waals surface area contributed by atoms with Crippen LogP contribution in [0, 0.1) is 0 Å². The third-order valence-corrected chi connectivity index (χ3v) is 24.5. The number of rotatable bonds is 41. The predicted molar refractivity (Wildman–Crippen MR) is 420 cm³/mol. The maximum atomic E-state index is 11.0. The van der Waals surface area contributed by atoms with Crippen LogP contribution in [-0.2, 0) is 63.3 Å². The fourth-order valence-electron chi connectivity index (χ4n) is 9.01. The number of nitrogens with zero attached hydrogens (tertiary/aromatic N) is 6. The molecule has 115 heavy (non-hydrogen) atoms. The Morgan fingerprint density at radius 2 is 0.574 bits per heavy atom. The molecule has 0 heterocycles. The topological polar surface area (TPSA) is 730 Å². The lowest BCUT2D eigenvalue weighted by atomic mass is 10.2. The first-order valence-electron chi connectivity index (χ1n) is 32.4. The van der Waals surface area contributed by atoms with Gasteiger partial charge in [-0.25, -0.2) is 0 Å². The first kappa shape index (κ1) is 109. The molecule has 654 valence electrons. The summed E-state index contributed by atoms with van der Waals surface area (Å²) in [6.45, 7) is 0.939. The Bertz CT molecular complexity index is 4210. The molecule has 0 radical (unpaired) electrons. The Balaban J connectivity index is 0.000000691. The van der Waals surface area contributed by atoms with Gasteiger partial charge in [0.25, 0.3) is 5.08 Å². The molecule has 0 atom stereocenters. The van der Waals surface area contributed by atoms with E-state index in [2.05, 4.69) is 0 Å². The molecule has 0 unspecified atom stereocenters. The number of aliphatic hydroxyl groups is 1. The van der Waals surface area contributed by atoms with Gasteiger partial charge in [0.05, 0.1) is 13.7 Å². The maximum Gasteiger partial charge on any atom is 0.369 e. The Hall–Kier alpha value is -4.47. The molecule has 0 bridgehead atoms. The number of ether oxygens (including phenoxy) is 4. The molecule has 24 N–H and O–H groups in total. The number of likely N-dealkylation sites (N-methyl/N-ethyl adjacent to an activating group) is 2. The summed E-state index contributed by atoms with van der Waals surface area (Å²) in [6, 6.07) is 47.9. The van der Waals surface area contributed by atoms with E-state index in [1.807, 2.05) is 65.6 Å². The van der Waals surface area contributed by atoms with E-state index in [1.165, 1.54) is 31.4 Å². The summed E-state index contributed by atoms with van der Waals surface area (Å²) in [5, 5.41) is 15.2. The van der Waals surface area contributed by atoms with Gasteiger partial charge in [0, 0.05) is 58.4 Å². The Morgan fingerprint density at radius 1 is 0.304 bits per heavy atom. The van der Waals surface area contributed by atoms with Gasteiger partial charge in [-0.1, -0.05) is 97.1 Å². The van der Waals surface area contributed by atoms with E-state index < -0.39 is 152 Å². The predicted octanol–water partition coefficient (Wildman–Crippen LogP) is 4.15. The van der Waals surface area contributed by atoms with Crippen molar-refractivity contribution in [1.82, 2.24) is 24.5 Å². The molecule has 0 amide bonds. The van der Waals surface area contributed by atoms with Gasteiger partial charge in [0.2, 0.25) is 0 Å². The minimum absolute atomic E-state index is 0.00882. The Kier molecular flexibility index (Phi) is 47.3. The zero-order valence-electron chi connectivity index (χ0n) is 61.6. The molecule has 0 fully saturated rings. The van der Waals surface area contributed by atoms with Gasteiger partial charge < -0.3 is 142 Å². The smallest absolute Gasteiger partial charge is 0.369 e. The van der Waals surface area contributed by atoms with Crippen molar-refractivity contribution in [3.05, 3.63) is 181 Å². The highest BCUT2D eigenvalue weighted by atomic mass is 31.2. The fraction of sp³-hybridized carbons (Fsp3) is 0.390. The molecule has 45 nitrogen and oxygen atoms in total. The molecule has 0 aliphatic carbocycles. The quantitative estimate of drug-likeness (QED) is 0.0240. The highest BCUT2D eigenvalue weighted by molar-refractivity contribution is 7.72. The summed E-state index contributed by atoms with van der Waals surface area (Å²) in [6.07, 6.45) is -6.90. The van der Waals surface area contributed by atoms with Crippen LogP contribution in [0.2, 0.25) is 0 Å². The van der Waals surface area contributed by atoms with Crippen molar-refractivity contribution >= 4 is 89.2 Å². The molecule has 0 aromatic heterocycles. The molecule has 56 heteroatoms. The minimum atomic E-state index is -5.42. The third kappa shape index (κ3) is 57.4. The number of hydrogen-bond donors (Lipinski definition) is 24. The van der Waals surface area contributed by atoms with Crippen molar-refractivity contribution < 1.29 is 187 Å². The van der Waals surface area contributed by atoms with Crippen LogP contribution in [0.4, 0.5) is 5.69 Å². The summed E-state index contributed by atoms with van der Waals surface area (Å²) in [7, 11) is -45.0. The largest absolute Gasteiger partial charge is 0.508 e. The summed E-state index contributed by atoms with van der Waals surface area (Å²) < 4.78 is 141. The van der Waals surface area contributed by atoms with Gasteiger partial charge in [0.1, 0.15) is 98.5 Å². The molecule has 0 saturated carbocycles. The summed E-state index contributed by atoms with van der Waals surface area (Å²) in [5.41, 5.74) is 2.14. The van der Waals surface area contributed by atoms with Crippen LogP contribution in [0.15, 0.2) is 170 Å². The molecular weight excluding hydrogens is 1760 g/mol. The van der Waals surface area contributed by atoms with Crippen molar-refractivity contribution in [3.8, 4) is 28.7 Å². The lowest BCUT2D eigenvalue weighted by Crippen LogP contribution is -2.34. The molecule has 6 rings (SSSR count). The number of phenols is 1. The summed E-state index contributed by atoms with van der Waals surface area (Å²) in [5.74, 6) is 2.32. The van der Waals surface area contributed by atoms with Crippen LogP contribution in [0.5, 0.6) is 28.7 Å². The van der Waals surface area contributed by atoms with Crippen LogP contribution in [0.3, 0.4) is 0 Å². The number of hydrogen-bond acceptors (Lipinski definition) is 23. The molecule has 0 aliphatic rings. The van der Waals surface area contributed by atoms with E-state index >= 15 is 0 Å². The molecule has 0 aliphatic heterocycles. The van der Waals surface area contributed by atoms with Gasteiger partial charge in [-0.3, -0.25) is 74.7 Å². The van der Waals surface area contributed by atoms with E-state index in [1.54, 1.807) is 104 Å². The fourth-order valence-corrected chi connectivity index (χ4v) is 18.5. The molecule has 6 aromatic rings. The highest BCUT2D eigenvalue weighted by Gasteiger charge is 2.59. The third-order valence-electron chi connectivity index (χ3n) is 13.6. The molecule has 0 saturated heterocycles. The van der Waals surface area contributed by atoms with Gasteiger partial charge >= 0.3 is 83.6 Å². The SMILES string of the molecule is CN(CCN(CP(=O)(O)O)CP(=O)(O)O)c1ccccc1.CN(CCOc1ccccc1)CP(=O)(O)O.COc1ccc(CN(CP(=O)(O)O)CP(=O)(O)O)cc1.O=P(O)(O)C(O)(CCOc1ccccc1)P(=O)(O)O.O=P(O)(O)CN(CCOc1ccccc1)CP(=O)(O)O.O=P(O)(O)CN(Cc1ccc(O)cc1)CP(=O)(O)O. The van der Waals surface area contributed by atoms with Crippen LogP contribution >= 0.6 is 83.6 Å². The monoisotopic (exact) mass is 1860 g/mol.